The minimum Gasteiger partial charge on any atom is -0.211 e. The van der Waals surface area contributed by atoms with E-state index in [2.05, 4.69) is 11.2 Å². The van der Waals surface area contributed by atoms with Crippen molar-refractivity contribution in [2.75, 3.05) is 23.6 Å². The molecule has 0 radical (unpaired) electrons. The van der Waals surface area contributed by atoms with Crippen molar-refractivity contribution in [1.82, 2.24) is 0 Å². The summed E-state index contributed by atoms with van der Waals surface area (Å²) in [5, 5.41) is 1.08. The number of hydrogen-bond acceptors (Lipinski definition) is 4. The van der Waals surface area contributed by atoms with Gasteiger partial charge in [0.05, 0.1) is 6.54 Å². The second-order valence-corrected chi connectivity index (χ2v) is 3.62. The third kappa shape index (κ3) is 8.08. The predicted molar refractivity (Wildman–Crippen MR) is 43.8 cm³/mol. The van der Waals surface area contributed by atoms with Gasteiger partial charge in [-0.1, -0.05) is 0 Å². The summed E-state index contributed by atoms with van der Waals surface area (Å²) in [6.45, 7) is 0.606. The summed E-state index contributed by atoms with van der Waals surface area (Å²) in [6.07, 6.45) is 3.55. The van der Waals surface area contributed by atoms with Crippen molar-refractivity contribution in [2.24, 2.45) is 4.99 Å². The van der Waals surface area contributed by atoms with Gasteiger partial charge in [-0.3, -0.25) is 0 Å². The van der Waals surface area contributed by atoms with Gasteiger partial charge in [0.15, 0.2) is 0 Å². The molecule has 0 aromatic rings. The maximum Gasteiger partial charge on any atom is 0.234 e. The fraction of sp³-hybridized carbons (Fsp3) is 0.800. The van der Waals surface area contributed by atoms with Crippen LogP contribution in [-0.4, -0.2) is 29.7 Å². The van der Waals surface area contributed by atoms with E-state index in [0.717, 1.165) is 10.8 Å². The minimum atomic E-state index is 0.606. The number of hydrogen-bond donors (Lipinski definition) is 0. The Morgan fingerprint density at radius 1 is 1.67 bits per heavy atom. The van der Waals surface area contributed by atoms with E-state index in [1.807, 2.05) is 0 Å². The zero-order valence-corrected chi connectivity index (χ0v) is 6.93. The lowest BCUT2D eigenvalue weighted by molar-refractivity contribution is 0.563. The average Bonchev–Trinajstić information content (AvgIpc) is 1.89. The summed E-state index contributed by atoms with van der Waals surface area (Å²) in [5.74, 6) is 0.927. The third-order valence-electron chi connectivity index (χ3n) is 0.613. The van der Waals surface area contributed by atoms with Crippen LogP contribution in [0.4, 0.5) is 0 Å². The normalized spacial score (nSPS) is 8.56. The lowest BCUT2D eigenvalue weighted by Gasteiger charge is -1.91. The molecule has 0 aliphatic heterocycles. The molecule has 0 saturated heterocycles. The molecule has 0 unspecified atom stereocenters. The van der Waals surface area contributed by atoms with E-state index in [0.29, 0.717) is 6.54 Å². The van der Waals surface area contributed by atoms with Crippen LogP contribution in [0.3, 0.4) is 0 Å². The van der Waals surface area contributed by atoms with Crippen molar-refractivity contribution in [1.29, 1.82) is 0 Å². The monoisotopic (exact) mass is 163 g/mol. The molecule has 0 atom stereocenters. The highest BCUT2D eigenvalue weighted by molar-refractivity contribution is 8.15. The Hall–Kier alpha value is 0.0800. The molecule has 0 bridgehead atoms. The van der Waals surface area contributed by atoms with E-state index in [1.54, 1.807) is 23.5 Å². The van der Waals surface area contributed by atoms with Crippen molar-refractivity contribution in [3.05, 3.63) is 0 Å². The molecule has 0 fully saturated rings. The van der Waals surface area contributed by atoms with Crippen LogP contribution in [-0.2, 0) is 4.79 Å². The van der Waals surface area contributed by atoms with Gasteiger partial charge < -0.3 is 0 Å². The highest BCUT2D eigenvalue weighted by Crippen LogP contribution is 2.06. The molecule has 0 spiro atoms. The fourth-order valence-corrected chi connectivity index (χ4v) is 1.66. The molecule has 0 aliphatic rings. The first kappa shape index (κ1) is 9.08. The molecule has 0 saturated carbocycles. The summed E-state index contributed by atoms with van der Waals surface area (Å²) in [5.41, 5.74) is 0. The molecule has 0 aliphatic carbocycles. The molecule has 2 nitrogen and oxygen atoms in total. The molecular formula is C5H9NOS2. The van der Waals surface area contributed by atoms with Crippen molar-refractivity contribution < 1.29 is 4.79 Å². The first-order valence-corrected chi connectivity index (χ1v) is 5.07. The number of carbonyl (C=O) groups excluding carboxylic acids is 1. The first-order valence-electron chi connectivity index (χ1n) is 2.52. The Bertz CT molecular complexity index is 101. The van der Waals surface area contributed by atoms with E-state index in [4.69, 9.17) is 0 Å². The molecule has 0 rings (SSSR count). The van der Waals surface area contributed by atoms with Gasteiger partial charge in [0, 0.05) is 10.8 Å². The van der Waals surface area contributed by atoms with Crippen molar-refractivity contribution >= 4 is 29.6 Å². The summed E-state index contributed by atoms with van der Waals surface area (Å²) < 4.78 is 0. The van der Waals surface area contributed by atoms with Crippen molar-refractivity contribution in [3.8, 4) is 0 Å². The van der Waals surface area contributed by atoms with Crippen LogP contribution in [0, 0.1) is 0 Å². The van der Waals surface area contributed by atoms with Crippen LogP contribution in [0.1, 0.15) is 0 Å². The lowest BCUT2D eigenvalue weighted by atomic mass is 10.8. The molecule has 0 N–H and O–H groups in total. The van der Waals surface area contributed by atoms with Crippen molar-refractivity contribution in [3.63, 3.8) is 0 Å². The van der Waals surface area contributed by atoms with Gasteiger partial charge in [-0.15, -0.1) is 11.8 Å². The largest absolute Gasteiger partial charge is 0.234 e. The standard InChI is InChI=1S/C5H9NOS2/c1-8-5-9-3-2-6-4-7/h2-3,5H2,1H3. The van der Waals surface area contributed by atoms with Gasteiger partial charge in [-0.05, 0) is 6.26 Å². The van der Waals surface area contributed by atoms with Crippen molar-refractivity contribution in [2.45, 2.75) is 0 Å². The highest BCUT2D eigenvalue weighted by Gasteiger charge is 1.83. The number of isocyanates is 1. The maximum absolute atomic E-state index is 9.53. The van der Waals surface area contributed by atoms with Gasteiger partial charge in [-0.25, -0.2) is 9.79 Å². The molecule has 0 aromatic carbocycles. The Morgan fingerprint density at radius 2 is 2.44 bits per heavy atom. The summed E-state index contributed by atoms with van der Waals surface area (Å²) in [7, 11) is 0. The lowest BCUT2D eigenvalue weighted by Crippen LogP contribution is -1.83. The van der Waals surface area contributed by atoms with E-state index in [9.17, 15) is 4.79 Å². The van der Waals surface area contributed by atoms with E-state index >= 15 is 0 Å². The SMILES string of the molecule is CSCSCCN=C=O. The second-order valence-electron chi connectivity index (χ2n) is 1.29. The molecule has 4 heteroatoms. The van der Waals surface area contributed by atoms with Crippen LogP contribution >= 0.6 is 23.5 Å². The number of aliphatic imine (C=N–C) groups is 1. The number of thioether (sulfide) groups is 2. The molecule has 0 aromatic heterocycles. The van der Waals surface area contributed by atoms with Crippen LogP contribution in [0.25, 0.3) is 0 Å². The van der Waals surface area contributed by atoms with Gasteiger partial charge in [-0.2, -0.15) is 11.8 Å². The Labute approximate surface area is 63.5 Å². The van der Waals surface area contributed by atoms with Crippen LogP contribution in [0.2, 0.25) is 0 Å². The van der Waals surface area contributed by atoms with Gasteiger partial charge in [0.2, 0.25) is 6.08 Å². The molecular weight excluding hydrogens is 154 g/mol. The van der Waals surface area contributed by atoms with Gasteiger partial charge in [0.25, 0.3) is 0 Å². The van der Waals surface area contributed by atoms with Crippen LogP contribution in [0.15, 0.2) is 4.99 Å². The van der Waals surface area contributed by atoms with Crippen LogP contribution < -0.4 is 0 Å². The fourth-order valence-electron chi connectivity index (χ4n) is 0.298. The number of nitrogens with zero attached hydrogens (tertiary/aromatic N) is 1. The highest BCUT2D eigenvalue weighted by atomic mass is 32.2. The van der Waals surface area contributed by atoms with E-state index in [1.165, 1.54) is 6.08 Å². The molecule has 0 amide bonds. The van der Waals surface area contributed by atoms with Gasteiger partial charge >= 0.3 is 0 Å². The third-order valence-corrected chi connectivity index (χ3v) is 2.69. The Balaban J connectivity index is 2.82. The Kier molecular flexibility index (Phi) is 8.15. The summed E-state index contributed by atoms with van der Waals surface area (Å²) in [6, 6.07) is 0. The molecule has 9 heavy (non-hydrogen) atoms. The second kappa shape index (κ2) is 8.08. The Morgan fingerprint density at radius 3 is 3.00 bits per heavy atom. The maximum atomic E-state index is 9.53. The summed E-state index contributed by atoms with van der Waals surface area (Å²) in [4.78, 5) is 12.9. The average molecular weight is 163 g/mol. The summed E-state index contributed by atoms with van der Waals surface area (Å²) >= 11 is 3.57. The predicted octanol–water partition coefficient (Wildman–Crippen LogP) is 1.38. The minimum absolute atomic E-state index is 0.606. The smallest absolute Gasteiger partial charge is 0.211 e. The molecule has 0 heterocycles. The molecule has 52 valence electrons. The number of rotatable bonds is 5. The zero-order chi connectivity index (χ0) is 6.95. The zero-order valence-electron chi connectivity index (χ0n) is 5.29. The van der Waals surface area contributed by atoms with E-state index < -0.39 is 0 Å². The van der Waals surface area contributed by atoms with Gasteiger partial charge in [0.1, 0.15) is 0 Å². The topological polar surface area (TPSA) is 29.4 Å². The first-order chi connectivity index (χ1) is 4.41. The quantitative estimate of drug-likeness (QED) is 0.265. The van der Waals surface area contributed by atoms with E-state index in [-0.39, 0.29) is 0 Å². The van der Waals surface area contributed by atoms with Crippen LogP contribution in [0.5, 0.6) is 0 Å².